The Morgan fingerprint density at radius 1 is 1.44 bits per heavy atom. The normalized spacial score (nSPS) is 9.00. The van der Waals surface area contributed by atoms with Crippen LogP contribution in [0.4, 0.5) is 0 Å². The monoisotopic (exact) mass is 121 g/mol. The Balaban J connectivity index is 2.94. The van der Waals surface area contributed by atoms with Crippen molar-refractivity contribution in [3.63, 3.8) is 0 Å². The summed E-state index contributed by atoms with van der Waals surface area (Å²) in [5.74, 6) is 0.863. The van der Waals surface area contributed by atoms with Gasteiger partial charge in [-0.2, -0.15) is 0 Å². The van der Waals surface area contributed by atoms with Crippen molar-refractivity contribution < 1.29 is 4.74 Å². The molecule has 0 spiro atoms. The van der Waals surface area contributed by atoms with Crippen LogP contribution < -0.4 is 4.74 Å². The molecule has 1 aromatic carbocycles. The van der Waals surface area contributed by atoms with Gasteiger partial charge in [0, 0.05) is 25.1 Å². The average Bonchev–Trinajstić information content (AvgIpc) is 1.88. The fourth-order valence-electron chi connectivity index (χ4n) is 0.672. The number of ether oxygens (including phenoxy) is 1. The molecule has 0 aromatic heterocycles. The quantitative estimate of drug-likeness (QED) is 0.515. The zero-order valence-corrected chi connectivity index (χ0v) is 5.42. The van der Waals surface area contributed by atoms with Crippen molar-refractivity contribution in [2.45, 2.75) is 0 Å². The van der Waals surface area contributed by atoms with Gasteiger partial charge < -0.3 is 4.74 Å². The summed E-state index contributed by atoms with van der Waals surface area (Å²) < 4.78 is 4.96. The van der Waals surface area contributed by atoms with Gasteiger partial charge in [0.15, 0.2) is 5.75 Å². The zero-order valence-electron chi connectivity index (χ0n) is 5.42. The van der Waals surface area contributed by atoms with Gasteiger partial charge >= 0.3 is 0 Å². The van der Waals surface area contributed by atoms with Gasteiger partial charge in [-0.25, -0.2) is 0 Å². The molecule has 1 rings (SSSR count). The standard InChI is InChI=1S/C8H9O/c1-7-4-3-5-8(6-7)9-2/h3-6H,1H2,2H3/q+1. The van der Waals surface area contributed by atoms with Crippen LogP contribution in [0.2, 0.25) is 0 Å². The van der Waals surface area contributed by atoms with Crippen LogP contribution in [0.5, 0.6) is 5.75 Å². The summed E-state index contributed by atoms with van der Waals surface area (Å²) in [4.78, 5) is 0. The van der Waals surface area contributed by atoms with Crippen LogP contribution in [0.25, 0.3) is 0 Å². The van der Waals surface area contributed by atoms with E-state index in [-0.39, 0.29) is 0 Å². The van der Waals surface area contributed by atoms with Crippen LogP contribution in [0, 0.1) is 6.92 Å². The predicted octanol–water partition coefficient (Wildman–Crippen LogP) is 1.88. The van der Waals surface area contributed by atoms with E-state index >= 15 is 0 Å². The third-order valence-corrected chi connectivity index (χ3v) is 1.13. The average molecular weight is 121 g/mol. The van der Waals surface area contributed by atoms with Gasteiger partial charge in [-0.1, -0.05) is 0 Å². The topological polar surface area (TPSA) is 9.23 Å². The molecule has 1 nitrogen and oxygen atoms in total. The summed E-state index contributed by atoms with van der Waals surface area (Å²) in [6.45, 7) is 3.75. The first-order chi connectivity index (χ1) is 4.33. The zero-order chi connectivity index (χ0) is 6.69. The minimum Gasteiger partial charge on any atom is -0.485 e. The van der Waals surface area contributed by atoms with Gasteiger partial charge in [0.05, 0.1) is 13.2 Å². The van der Waals surface area contributed by atoms with Gasteiger partial charge in [-0.3, -0.25) is 0 Å². The van der Waals surface area contributed by atoms with Gasteiger partial charge in [-0.15, -0.1) is 0 Å². The third kappa shape index (κ3) is 1.39. The fraction of sp³-hybridized carbons (Fsp3) is 0.125. The summed E-state index contributed by atoms with van der Waals surface area (Å²) >= 11 is 0. The van der Waals surface area contributed by atoms with E-state index in [1.54, 1.807) is 7.11 Å². The number of rotatable bonds is 1. The van der Waals surface area contributed by atoms with Crippen LogP contribution in [0.1, 0.15) is 5.56 Å². The minimum absolute atomic E-state index is 0.863. The van der Waals surface area contributed by atoms with E-state index in [1.165, 1.54) is 0 Å². The summed E-state index contributed by atoms with van der Waals surface area (Å²) in [5.41, 5.74) is 0.981. The molecule has 1 aromatic rings. The lowest BCUT2D eigenvalue weighted by molar-refractivity contribution is 0.414. The lowest BCUT2D eigenvalue weighted by Crippen LogP contribution is -1.81. The minimum atomic E-state index is 0.863. The molecular weight excluding hydrogens is 112 g/mol. The molecule has 0 N–H and O–H groups in total. The van der Waals surface area contributed by atoms with Gasteiger partial charge in [0.2, 0.25) is 0 Å². The van der Waals surface area contributed by atoms with Crippen LogP contribution in [-0.4, -0.2) is 7.11 Å². The highest BCUT2D eigenvalue weighted by atomic mass is 16.5. The van der Waals surface area contributed by atoms with Crippen LogP contribution in [0.15, 0.2) is 24.3 Å². The Bertz CT molecular complexity index is 194. The molecule has 46 valence electrons. The van der Waals surface area contributed by atoms with E-state index in [4.69, 9.17) is 4.74 Å². The smallest absolute Gasteiger partial charge is 0.177 e. The van der Waals surface area contributed by atoms with Gasteiger partial charge in [-0.05, 0) is 0 Å². The Kier molecular flexibility index (Phi) is 1.63. The molecule has 0 amide bonds. The van der Waals surface area contributed by atoms with E-state index in [0.717, 1.165) is 11.3 Å². The van der Waals surface area contributed by atoms with E-state index in [0.29, 0.717) is 0 Å². The largest absolute Gasteiger partial charge is 0.485 e. The van der Waals surface area contributed by atoms with Gasteiger partial charge in [0.25, 0.3) is 0 Å². The fourth-order valence-corrected chi connectivity index (χ4v) is 0.672. The second kappa shape index (κ2) is 2.44. The summed E-state index contributed by atoms with van der Waals surface area (Å²) in [5, 5.41) is 0. The summed E-state index contributed by atoms with van der Waals surface area (Å²) in [6.07, 6.45) is 0. The molecule has 0 fully saturated rings. The first kappa shape index (κ1) is 6.02. The molecule has 0 atom stereocenters. The Hall–Kier alpha value is -1.11. The predicted molar refractivity (Wildman–Crippen MR) is 37.5 cm³/mol. The van der Waals surface area contributed by atoms with E-state index in [2.05, 4.69) is 6.92 Å². The Morgan fingerprint density at radius 3 is 2.67 bits per heavy atom. The Morgan fingerprint density at radius 2 is 2.22 bits per heavy atom. The third-order valence-electron chi connectivity index (χ3n) is 1.13. The van der Waals surface area contributed by atoms with Crippen LogP contribution in [0.3, 0.4) is 0 Å². The second-order valence-corrected chi connectivity index (χ2v) is 1.85. The van der Waals surface area contributed by atoms with E-state index in [9.17, 15) is 0 Å². The molecule has 0 unspecified atom stereocenters. The second-order valence-electron chi connectivity index (χ2n) is 1.85. The maximum atomic E-state index is 4.96. The molecular formula is C8H9O+. The van der Waals surface area contributed by atoms with E-state index < -0.39 is 0 Å². The summed E-state index contributed by atoms with van der Waals surface area (Å²) in [6, 6.07) is 7.64. The highest BCUT2D eigenvalue weighted by Crippen LogP contribution is 2.10. The number of hydrogen-bond donors (Lipinski definition) is 0. The van der Waals surface area contributed by atoms with Crippen molar-refractivity contribution in [2.24, 2.45) is 0 Å². The highest BCUT2D eigenvalue weighted by molar-refractivity contribution is 5.29. The first-order valence-corrected chi connectivity index (χ1v) is 2.79. The molecule has 0 aliphatic rings. The number of methoxy groups -OCH3 is 1. The maximum Gasteiger partial charge on any atom is 0.177 e. The first-order valence-electron chi connectivity index (χ1n) is 2.79. The van der Waals surface area contributed by atoms with Crippen molar-refractivity contribution >= 4 is 0 Å². The highest BCUT2D eigenvalue weighted by Gasteiger charge is 1.95. The number of hydrogen-bond acceptors (Lipinski definition) is 1. The molecule has 0 saturated heterocycles. The molecule has 1 heteroatoms. The molecule has 0 radical (unpaired) electrons. The molecule has 9 heavy (non-hydrogen) atoms. The van der Waals surface area contributed by atoms with Crippen molar-refractivity contribution in [3.05, 3.63) is 36.8 Å². The van der Waals surface area contributed by atoms with Crippen LogP contribution >= 0.6 is 0 Å². The van der Waals surface area contributed by atoms with Crippen molar-refractivity contribution in [3.8, 4) is 5.75 Å². The number of benzene rings is 1. The lowest BCUT2D eigenvalue weighted by Gasteiger charge is -1.92. The Labute approximate surface area is 55.3 Å². The molecule has 0 aliphatic carbocycles. The molecule has 0 bridgehead atoms. The van der Waals surface area contributed by atoms with Crippen LogP contribution in [-0.2, 0) is 0 Å². The van der Waals surface area contributed by atoms with Crippen molar-refractivity contribution in [1.29, 1.82) is 0 Å². The molecule has 0 aliphatic heterocycles. The maximum absolute atomic E-state index is 4.96. The van der Waals surface area contributed by atoms with Crippen molar-refractivity contribution in [1.82, 2.24) is 0 Å². The SMILES string of the molecule is [CH2+]c1cccc(OC)c1. The lowest BCUT2D eigenvalue weighted by atomic mass is 10.2. The summed E-state index contributed by atoms with van der Waals surface area (Å²) in [7, 11) is 1.65. The van der Waals surface area contributed by atoms with Crippen molar-refractivity contribution in [2.75, 3.05) is 7.11 Å². The molecule has 0 saturated carbocycles. The van der Waals surface area contributed by atoms with Gasteiger partial charge in [0.1, 0.15) is 5.56 Å². The molecule has 0 heterocycles. The van der Waals surface area contributed by atoms with E-state index in [1.807, 2.05) is 24.3 Å².